The summed E-state index contributed by atoms with van der Waals surface area (Å²) in [6, 6.07) is 11.6. The van der Waals surface area contributed by atoms with Crippen molar-refractivity contribution in [3.63, 3.8) is 0 Å². The summed E-state index contributed by atoms with van der Waals surface area (Å²) in [4.78, 5) is 21.8. The zero-order valence-electron chi connectivity index (χ0n) is 17.6. The molecule has 0 saturated heterocycles. The molecule has 0 spiro atoms. The van der Waals surface area contributed by atoms with Crippen LogP contribution in [0.5, 0.6) is 0 Å². The van der Waals surface area contributed by atoms with Crippen molar-refractivity contribution in [1.29, 1.82) is 0 Å². The Balaban J connectivity index is 1.86. The highest BCUT2D eigenvalue weighted by Gasteiger charge is 2.18. The van der Waals surface area contributed by atoms with E-state index in [1.165, 1.54) is 0 Å². The number of nitrogens with zero attached hydrogens (tertiary/aromatic N) is 2. The summed E-state index contributed by atoms with van der Waals surface area (Å²) in [7, 11) is 0. The summed E-state index contributed by atoms with van der Waals surface area (Å²) in [6.45, 7) is 10.8. The van der Waals surface area contributed by atoms with Gasteiger partial charge in [-0.05, 0) is 42.0 Å². The topological polar surface area (TPSA) is 80.0 Å². The Labute approximate surface area is 171 Å². The van der Waals surface area contributed by atoms with Crippen LogP contribution >= 0.6 is 0 Å². The lowest BCUT2D eigenvalue weighted by Crippen LogP contribution is -2.18. The van der Waals surface area contributed by atoms with Crippen LogP contribution in [0.25, 0.3) is 0 Å². The van der Waals surface area contributed by atoms with Gasteiger partial charge in [-0.15, -0.1) is 0 Å². The molecule has 0 atom stereocenters. The third kappa shape index (κ3) is 5.02. The highest BCUT2D eigenvalue weighted by atomic mass is 16.3. The molecule has 0 radical (unpaired) electrons. The van der Waals surface area contributed by atoms with Crippen LogP contribution in [0, 0.1) is 6.92 Å². The van der Waals surface area contributed by atoms with Crippen molar-refractivity contribution in [3.05, 3.63) is 71.1 Å². The van der Waals surface area contributed by atoms with Gasteiger partial charge in [0.2, 0.25) is 0 Å². The van der Waals surface area contributed by atoms with Gasteiger partial charge in [0.1, 0.15) is 23.1 Å². The lowest BCUT2D eigenvalue weighted by atomic mass is 9.92. The molecule has 3 rings (SSSR count). The largest absolute Gasteiger partial charge is 0.467 e. The zero-order chi connectivity index (χ0) is 21.0. The number of amides is 1. The van der Waals surface area contributed by atoms with Gasteiger partial charge in [0.25, 0.3) is 5.91 Å². The number of carbonyl (C=O) groups excluding carboxylic acids is 1. The molecule has 0 aliphatic carbocycles. The molecule has 0 aliphatic heterocycles. The van der Waals surface area contributed by atoms with Crippen LogP contribution in [0.15, 0.2) is 47.1 Å². The van der Waals surface area contributed by atoms with Crippen molar-refractivity contribution in [1.82, 2.24) is 9.97 Å². The molecule has 3 aromatic rings. The molecule has 29 heavy (non-hydrogen) atoms. The van der Waals surface area contributed by atoms with Crippen LogP contribution in [-0.4, -0.2) is 15.9 Å². The van der Waals surface area contributed by atoms with Gasteiger partial charge >= 0.3 is 0 Å². The number of furan rings is 1. The van der Waals surface area contributed by atoms with Crippen molar-refractivity contribution in [2.24, 2.45) is 0 Å². The molecule has 2 heterocycles. The Morgan fingerprint density at radius 3 is 2.31 bits per heavy atom. The van der Waals surface area contributed by atoms with E-state index in [1.807, 2.05) is 18.2 Å². The zero-order valence-corrected chi connectivity index (χ0v) is 17.6. The number of benzene rings is 1. The first-order valence-electron chi connectivity index (χ1n) is 9.91. The van der Waals surface area contributed by atoms with Gasteiger partial charge < -0.3 is 15.1 Å². The minimum Gasteiger partial charge on any atom is -0.467 e. The number of aryl methyl sites for hydroxylation is 1. The summed E-state index contributed by atoms with van der Waals surface area (Å²) in [5, 5.41) is 6.29. The normalized spacial score (nSPS) is 11.1. The van der Waals surface area contributed by atoms with E-state index in [9.17, 15) is 4.79 Å². The predicted molar refractivity (Wildman–Crippen MR) is 115 cm³/mol. The van der Waals surface area contributed by atoms with Crippen LogP contribution in [0.2, 0.25) is 0 Å². The quantitative estimate of drug-likeness (QED) is 0.556. The van der Waals surface area contributed by atoms with E-state index in [4.69, 9.17) is 4.42 Å². The van der Waals surface area contributed by atoms with E-state index in [0.29, 0.717) is 35.7 Å². The molecule has 0 saturated carbocycles. The number of anilines is 2. The van der Waals surface area contributed by atoms with Crippen molar-refractivity contribution < 1.29 is 9.21 Å². The first-order valence-corrected chi connectivity index (χ1v) is 9.91. The van der Waals surface area contributed by atoms with Gasteiger partial charge in [0.15, 0.2) is 0 Å². The third-order valence-corrected chi connectivity index (χ3v) is 4.71. The molecule has 0 bridgehead atoms. The molecular formula is C23H28N4O2. The molecule has 0 aliphatic rings. The van der Waals surface area contributed by atoms with Gasteiger partial charge in [-0.2, -0.15) is 0 Å². The Kier molecular flexibility index (Phi) is 6.32. The van der Waals surface area contributed by atoms with E-state index < -0.39 is 0 Å². The van der Waals surface area contributed by atoms with E-state index >= 15 is 0 Å². The average molecular weight is 393 g/mol. The second-order valence-corrected chi connectivity index (χ2v) is 7.69. The standard InChI is InChI=1S/C23H28N4O2/c1-14(2)18-9-6-10-19(15(3)4)22(18)27-23(28)20-12-21(26-16(5)25-20)24-13-17-8-7-11-29-17/h6-12,14-15H,13H2,1-5H3,(H,27,28)(H,24,25,26). The van der Waals surface area contributed by atoms with Gasteiger partial charge in [-0.1, -0.05) is 45.9 Å². The summed E-state index contributed by atoms with van der Waals surface area (Å²) >= 11 is 0. The average Bonchev–Trinajstić information content (AvgIpc) is 3.19. The fraction of sp³-hybridized carbons (Fsp3) is 0.348. The molecule has 0 unspecified atom stereocenters. The number of nitrogens with one attached hydrogen (secondary N) is 2. The second kappa shape index (κ2) is 8.90. The van der Waals surface area contributed by atoms with E-state index in [0.717, 1.165) is 22.6 Å². The Hall–Kier alpha value is -3.15. The van der Waals surface area contributed by atoms with Gasteiger partial charge in [0, 0.05) is 11.8 Å². The maximum atomic E-state index is 13.1. The number of rotatable bonds is 7. The van der Waals surface area contributed by atoms with Crippen LogP contribution in [-0.2, 0) is 6.54 Å². The number of para-hydroxylation sites is 1. The SMILES string of the molecule is Cc1nc(NCc2ccco2)cc(C(=O)Nc2c(C(C)C)cccc2C(C)C)n1. The molecule has 0 fully saturated rings. The second-order valence-electron chi connectivity index (χ2n) is 7.69. The molecule has 1 amide bonds. The van der Waals surface area contributed by atoms with Crippen molar-refractivity contribution in [2.45, 2.75) is 53.0 Å². The third-order valence-electron chi connectivity index (χ3n) is 4.71. The number of hydrogen-bond donors (Lipinski definition) is 2. The van der Waals surface area contributed by atoms with Crippen LogP contribution in [0.4, 0.5) is 11.5 Å². The highest BCUT2D eigenvalue weighted by Crippen LogP contribution is 2.32. The summed E-state index contributed by atoms with van der Waals surface area (Å²) in [5.41, 5.74) is 3.44. The smallest absolute Gasteiger partial charge is 0.274 e. The van der Waals surface area contributed by atoms with Crippen molar-refractivity contribution in [2.75, 3.05) is 10.6 Å². The van der Waals surface area contributed by atoms with Gasteiger partial charge in [-0.3, -0.25) is 4.79 Å². The van der Waals surface area contributed by atoms with Gasteiger partial charge in [-0.25, -0.2) is 9.97 Å². The molecule has 152 valence electrons. The molecule has 2 N–H and O–H groups in total. The predicted octanol–water partition coefficient (Wildman–Crippen LogP) is 5.49. The van der Waals surface area contributed by atoms with E-state index in [1.54, 1.807) is 19.3 Å². The lowest BCUT2D eigenvalue weighted by molar-refractivity contribution is 0.102. The van der Waals surface area contributed by atoms with Crippen molar-refractivity contribution >= 4 is 17.4 Å². The summed E-state index contributed by atoms with van der Waals surface area (Å²) < 4.78 is 5.33. The van der Waals surface area contributed by atoms with Crippen LogP contribution in [0.1, 0.15) is 72.7 Å². The molecule has 1 aromatic carbocycles. The highest BCUT2D eigenvalue weighted by molar-refractivity contribution is 6.04. The van der Waals surface area contributed by atoms with Crippen LogP contribution in [0.3, 0.4) is 0 Å². The molecular weight excluding hydrogens is 364 g/mol. The van der Waals surface area contributed by atoms with E-state index in [-0.39, 0.29) is 5.91 Å². The fourth-order valence-corrected chi connectivity index (χ4v) is 3.24. The Morgan fingerprint density at radius 2 is 1.72 bits per heavy atom. The maximum absolute atomic E-state index is 13.1. The fourth-order valence-electron chi connectivity index (χ4n) is 3.24. The molecule has 6 heteroatoms. The maximum Gasteiger partial charge on any atom is 0.274 e. The Morgan fingerprint density at radius 1 is 1.03 bits per heavy atom. The Bertz CT molecular complexity index is 952. The summed E-state index contributed by atoms with van der Waals surface area (Å²) in [6.07, 6.45) is 1.62. The molecule has 2 aromatic heterocycles. The summed E-state index contributed by atoms with van der Waals surface area (Å²) in [5.74, 6) is 2.25. The minimum atomic E-state index is -0.244. The number of hydrogen-bond acceptors (Lipinski definition) is 5. The van der Waals surface area contributed by atoms with Crippen LogP contribution < -0.4 is 10.6 Å². The lowest BCUT2D eigenvalue weighted by Gasteiger charge is -2.20. The van der Waals surface area contributed by atoms with Gasteiger partial charge in [0.05, 0.1) is 12.8 Å². The molecule has 6 nitrogen and oxygen atoms in total. The number of aromatic nitrogens is 2. The first kappa shape index (κ1) is 20.6. The van der Waals surface area contributed by atoms with E-state index in [2.05, 4.69) is 60.4 Å². The monoisotopic (exact) mass is 392 g/mol. The first-order chi connectivity index (χ1) is 13.8. The minimum absolute atomic E-state index is 0.244. The number of carbonyl (C=O) groups is 1. The van der Waals surface area contributed by atoms with Crippen molar-refractivity contribution in [3.8, 4) is 0 Å².